The van der Waals surface area contributed by atoms with Crippen molar-refractivity contribution < 1.29 is 4.79 Å². The summed E-state index contributed by atoms with van der Waals surface area (Å²) in [5.41, 5.74) is 0.662. The molecule has 0 spiro atoms. The van der Waals surface area contributed by atoms with Crippen LogP contribution in [-0.4, -0.2) is 18.5 Å². The smallest absolute Gasteiger partial charge is 0.238 e. The molecule has 1 aromatic carbocycles. The van der Waals surface area contributed by atoms with E-state index in [0.29, 0.717) is 23.3 Å². The summed E-state index contributed by atoms with van der Waals surface area (Å²) in [6.07, 6.45) is 4.78. The highest BCUT2D eigenvalue weighted by atomic mass is 35.5. The van der Waals surface area contributed by atoms with Crippen molar-refractivity contribution in [2.24, 2.45) is 0 Å². The van der Waals surface area contributed by atoms with E-state index in [1.807, 2.05) is 12.1 Å². The number of unbranched alkanes of at least 4 members (excludes halogenated alkanes) is 2. The van der Waals surface area contributed by atoms with Crippen LogP contribution in [0.15, 0.2) is 24.3 Å². The Morgan fingerprint density at radius 3 is 2.74 bits per heavy atom. The van der Waals surface area contributed by atoms with Gasteiger partial charge < -0.3 is 10.6 Å². The van der Waals surface area contributed by atoms with Gasteiger partial charge in [0.05, 0.1) is 17.3 Å². The summed E-state index contributed by atoms with van der Waals surface area (Å²) >= 11 is 5.98. The van der Waals surface area contributed by atoms with E-state index in [9.17, 15) is 4.79 Å². The Bertz CT molecular complexity index is 395. The lowest BCUT2D eigenvalue weighted by molar-refractivity contribution is -0.115. The maximum absolute atomic E-state index is 11.8. The number of carbonyl (C=O) groups excluding carboxylic acids is 1. The second kappa shape index (κ2) is 8.94. The first kappa shape index (κ1) is 16.0. The van der Waals surface area contributed by atoms with Crippen molar-refractivity contribution in [1.82, 2.24) is 5.32 Å². The summed E-state index contributed by atoms with van der Waals surface area (Å²) in [6.45, 7) is 4.62. The molecule has 19 heavy (non-hydrogen) atoms. The number of carbonyl (C=O) groups is 1. The molecule has 106 valence electrons. The van der Waals surface area contributed by atoms with Gasteiger partial charge in [-0.25, -0.2) is 0 Å². The van der Waals surface area contributed by atoms with Gasteiger partial charge in [-0.1, -0.05) is 49.9 Å². The Morgan fingerprint density at radius 1 is 1.32 bits per heavy atom. The lowest BCUT2D eigenvalue weighted by Crippen LogP contribution is -2.34. The van der Waals surface area contributed by atoms with Crippen LogP contribution in [0.2, 0.25) is 5.02 Å². The predicted octanol–water partition coefficient (Wildman–Crippen LogP) is 3.84. The third kappa shape index (κ3) is 6.60. The van der Waals surface area contributed by atoms with Crippen molar-refractivity contribution in [2.45, 2.75) is 45.6 Å². The molecule has 0 aliphatic carbocycles. The zero-order valence-corrected chi connectivity index (χ0v) is 12.5. The molecule has 0 aromatic heterocycles. The van der Waals surface area contributed by atoms with Crippen molar-refractivity contribution in [3.63, 3.8) is 0 Å². The van der Waals surface area contributed by atoms with Crippen molar-refractivity contribution in [2.75, 3.05) is 11.9 Å². The van der Waals surface area contributed by atoms with Crippen LogP contribution in [0.5, 0.6) is 0 Å². The topological polar surface area (TPSA) is 41.1 Å². The van der Waals surface area contributed by atoms with E-state index >= 15 is 0 Å². The van der Waals surface area contributed by atoms with Crippen LogP contribution < -0.4 is 10.6 Å². The molecule has 0 radical (unpaired) electrons. The Hall–Kier alpha value is -1.06. The molecule has 1 atom stereocenters. The van der Waals surface area contributed by atoms with Gasteiger partial charge in [0.2, 0.25) is 5.91 Å². The molecule has 2 N–H and O–H groups in total. The van der Waals surface area contributed by atoms with Gasteiger partial charge >= 0.3 is 0 Å². The molecule has 1 amide bonds. The van der Waals surface area contributed by atoms with Crippen LogP contribution in [0, 0.1) is 0 Å². The van der Waals surface area contributed by atoms with Gasteiger partial charge in [0.1, 0.15) is 0 Å². The maximum Gasteiger partial charge on any atom is 0.238 e. The number of rotatable bonds is 8. The van der Waals surface area contributed by atoms with Crippen molar-refractivity contribution in [3.05, 3.63) is 29.3 Å². The second-order valence-electron chi connectivity index (χ2n) is 4.81. The Kier molecular flexibility index (Phi) is 7.53. The molecule has 1 aromatic rings. The van der Waals surface area contributed by atoms with Crippen LogP contribution in [-0.2, 0) is 4.79 Å². The average Bonchev–Trinajstić information content (AvgIpc) is 2.39. The average molecular weight is 283 g/mol. The van der Waals surface area contributed by atoms with Crippen molar-refractivity contribution in [1.29, 1.82) is 0 Å². The van der Waals surface area contributed by atoms with Gasteiger partial charge in [0.15, 0.2) is 0 Å². The molecule has 0 heterocycles. The molecular formula is C15H23ClN2O. The third-order valence-electron chi connectivity index (χ3n) is 3.00. The number of halogens is 1. The summed E-state index contributed by atoms with van der Waals surface area (Å²) in [5.74, 6) is -0.0598. The van der Waals surface area contributed by atoms with E-state index in [2.05, 4.69) is 24.5 Å². The largest absolute Gasteiger partial charge is 0.324 e. The number of hydrogen-bond acceptors (Lipinski definition) is 2. The molecular weight excluding hydrogens is 260 g/mol. The molecule has 1 unspecified atom stereocenters. The predicted molar refractivity (Wildman–Crippen MR) is 81.7 cm³/mol. The monoisotopic (exact) mass is 282 g/mol. The van der Waals surface area contributed by atoms with E-state index in [0.717, 1.165) is 6.42 Å². The number of para-hydroxylation sites is 1. The van der Waals surface area contributed by atoms with E-state index in [4.69, 9.17) is 11.6 Å². The first-order chi connectivity index (χ1) is 9.13. The lowest BCUT2D eigenvalue weighted by Gasteiger charge is -2.13. The van der Waals surface area contributed by atoms with E-state index in [-0.39, 0.29) is 5.91 Å². The van der Waals surface area contributed by atoms with Crippen LogP contribution in [0.1, 0.15) is 39.5 Å². The molecule has 0 bridgehead atoms. The summed E-state index contributed by atoms with van der Waals surface area (Å²) in [7, 11) is 0. The van der Waals surface area contributed by atoms with Gasteiger partial charge in [0, 0.05) is 6.04 Å². The molecule has 1 rings (SSSR count). The van der Waals surface area contributed by atoms with Gasteiger partial charge in [-0.15, -0.1) is 0 Å². The van der Waals surface area contributed by atoms with Gasteiger partial charge in [0.25, 0.3) is 0 Å². The zero-order chi connectivity index (χ0) is 14.1. The summed E-state index contributed by atoms with van der Waals surface area (Å²) in [6, 6.07) is 7.61. The molecule has 0 aliphatic heterocycles. The van der Waals surface area contributed by atoms with Crippen LogP contribution in [0.25, 0.3) is 0 Å². The van der Waals surface area contributed by atoms with E-state index in [1.54, 1.807) is 12.1 Å². The Morgan fingerprint density at radius 2 is 2.05 bits per heavy atom. The first-order valence-electron chi connectivity index (χ1n) is 6.91. The first-order valence-corrected chi connectivity index (χ1v) is 7.29. The number of hydrogen-bond donors (Lipinski definition) is 2. The summed E-state index contributed by atoms with van der Waals surface area (Å²) in [5, 5.41) is 6.59. The van der Waals surface area contributed by atoms with E-state index < -0.39 is 0 Å². The third-order valence-corrected chi connectivity index (χ3v) is 3.33. The Labute approximate surface area is 120 Å². The SMILES string of the molecule is CCCCCC(C)NCC(=O)Nc1ccccc1Cl. The minimum absolute atomic E-state index is 0.0598. The number of nitrogens with one attached hydrogen (secondary N) is 2. The number of amides is 1. The maximum atomic E-state index is 11.8. The highest BCUT2D eigenvalue weighted by Crippen LogP contribution is 2.19. The van der Waals surface area contributed by atoms with E-state index in [1.165, 1.54) is 19.3 Å². The zero-order valence-electron chi connectivity index (χ0n) is 11.7. The second-order valence-corrected chi connectivity index (χ2v) is 5.21. The minimum atomic E-state index is -0.0598. The quantitative estimate of drug-likeness (QED) is 0.712. The summed E-state index contributed by atoms with van der Waals surface area (Å²) < 4.78 is 0. The van der Waals surface area contributed by atoms with Crippen molar-refractivity contribution >= 4 is 23.2 Å². The standard InChI is InChI=1S/C15H23ClN2O/c1-3-4-5-8-12(2)17-11-15(19)18-14-10-7-6-9-13(14)16/h6-7,9-10,12,17H,3-5,8,11H2,1-2H3,(H,18,19). The van der Waals surface area contributed by atoms with Gasteiger partial charge in [-0.05, 0) is 25.5 Å². The van der Waals surface area contributed by atoms with Crippen LogP contribution in [0.4, 0.5) is 5.69 Å². The molecule has 0 saturated heterocycles. The summed E-state index contributed by atoms with van der Waals surface area (Å²) in [4.78, 5) is 11.8. The molecule has 0 saturated carbocycles. The molecule has 0 fully saturated rings. The molecule has 0 aliphatic rings. The van der Waals surface area contributed by atoms with Crippen molar-refractivity contribution in [3.8, 4) is 0 Å². The molecule has 3 nitrogen and oxygen atoms in total. The lowest BCUT2D eigenvalue weighted by atomic mass is 10.1. The fourth-order valence-electron chi connectivity index (χ4n) is 1.83. The number of benzene rings is 1. The van der Waals surface area contributed by atoms with Gasteiger partial charge in [-0.3, -0.25) is 4.79 Å². The normalized spacial score (nSPS) is 12.2. The Balaban J connectivity index is 2.26. The highest BCUT2D eigenvalue weighted by molar-refractivity contribution is 6.33. The van der Waals surface area contributed by atoms with Crippen LogP contribution >= 0.6 is 11.6 Å². The molecule has 4 heteroatoms. The highest BCUT2D eigenvalue weighted by Gasteiger charge is 2.07. The van der Waals surface area contributed by atoms with Crippen LogP contribution in [0.3, 0.4) is 0 Å². The number of anilines is 1. The minimum Gasteiger partial charge on any atom is -0.324 e. The fourth-order valence-corrected chi connectivity index (χ4v) is 2.01. The van der Waals surface area contributed by atoms with Gasteiger partial charge in [-0.2, -0.15) is 0 Å². The fraction of sp³-hybridized carbons (Fsp3) is 0.533.